The summed E-state index contributed by atoms with van der Waals surface area (Å²) in [7, 11) is 0. The quantitative estimate of drug-likeness (QED) is 0.775. The molecule has 0 atom stereocenters. The molecule has 0 radical (unpaired) electrons. The van der Waals surface area contributed by atoms with Crippen molar-refractivity contribution in [2.45, 2.75) is 13.8 Å². The van der Waals surface area contributed by atoms with E-state index in [2.05, 4.69) is 13.8 Å². The van der Waals surface area contributed by atoms with Crippen molar-refractivity contribution in [3.63, 3.8) is 0 Å². The van der Waals surface area contributed by atoms with E-state index in [1.54, 1.807) is 6.07 Å². The summed E-state index contributed by atoms with van der Waals surface area (Å²) in [4.78, 5) is 0.602. The molecule has 0 aliphatic carbocycles. The maximum absolute atomic E-state index is 13.6. The Hall–Kier alpha value is -1.64. The van der Waals surface area contributed by atoms with Gasteiger partial charge in [-0.15, -0.1) is 0 Å². The zero-order valence-electron chi connectivity index (χ0n) is 9.48. The van der Waals surface area contributed by atoms with E-state index >= 15 is 0 Å². The third-order valence-corrected chi connectivity index (χ3v) is 2.29. The first-order valence-electron chi connectivity index (χ1n) is 5.40. The van der Waals surface area contributed by atoms with E-state index in [-0.39, 0.29) is 0 Å². The molecule has 1 aromatic carbocycles. The van der Waals surface area contributed by atoms with Crippen LogP contribution in [-0.4, -0.2) is 6.61 Å². The van der Waals surface area contributed by atoms with Gasteiger partial charge in [0.1, 0.15) is 0 Å². The highest BCUT2D eigenvalue weighted by Gasteiger charge is 2.12. The van der Waals surface area contributed by atoms with E-state index in [0.717, 1.165) is 5.39 Å². The number of rotatable bonds is 3. The Balaban J connectivity index is 2.34. The van der Waals surface area contributed by atoms with Gasteiger partial charge in [-0.2, -0.15) is 0 Å². The molecule has 1 aromatic heterocycles. The Morgan fingerprint density at radius 3 is 2.81 bits per heavy atom. The Morgan fingerprint density at radius 2 is 2.06 bits per heavy atom. The molecule has 84 valence electrons. The average Bonchev–Trinajstić information content (AvgIpc) is 2.26. The lowest BCUT2D eigenvalue weighted by Gasteiger charge is -2.06. The Kier molecular flexibility index (Phi) is 3.04. The predicted octanol–water partition coefficient (Wildman–Crippen LogP) is 2.89. The van der Waals surface area contributed by atoms with Crippen molar-refractivity contribution in [3.05, 3.63) is 36.5 Å². The highest BCUT2D eigenvalue weighted by atomic mass is 19.2. The lowest BCUT2D eigenvalue weighted by Crippen LogP contribution is -2.23. The Bertz CT molecular complexity index is 496. The third kappa shape index (κ3) is 2.30. The molecule has 0 amide bonds. The van der Waals surface area contributed by atoms with Gasteiger partial charge in [0.25, 0.3) is 11.7 Å². The number of pyridine rings is 1. The highest BCUT2D eigenvalue weighted by molar-refractivity contribution is 5.76. The molecule has 0 saturated carbocycles. The molecule has 16 heavy (non-hydrogen) atoms. The topological polar surface area (TPSA) is 13.1 Å². The van der Waals surface area contributed by atoms with Gasteiger partial charge in [-0.3, -0.25) is 0 Å². The molecule has 0 unspecified atom stereocenters. The molecule has 3 heteroatoms. The molecule has 2 nitrogen and oxygen atoms in total. The van der Waals surface area contributed by atoms with Crippen LogP contribution in [0.3, 0.4) is 0 Å². The molecule has 0 aliphatic rings. The van der Waals surface area contributed by atoms with Crippen LogP contribution in [0.4, 0.5) is 4.48 Å². The normalized spacial score (nSPS) is 11.0. The van der Waals surface area contributed by atoms with Crippen LogP contribution >= 0.6 is 0 Å². The van der Waals surface area contributed by atoms with Crippen molar-refractivity contribution in [3.8, 4) is 5.75 Å². The maximum Gasteiger partial charge on any atom is 0.260 e. The molecule has 2 aromatic rings. The summed E-state index contributed by atoms with van der Waals surface area (Å²) in [5.41, 5.74) is 0.555. The summed E-state index contributed by atoms with van der Waals surface area (Å²) in [6, 6.07) is 9.16. The van der Waals surface area contributed by atoms with Crippen LogP contribution in [0.5, 0.6) is 5.75 Å². The zero-order valence-corrected chi connectivity index (χ0v) is 9.48. The fourth-order valence-corrected chi connectivity index (χ4v) is 1.52. The zero-order chi connectivity index (χ0) is 11.5. The second kappa shape index (κ2) is 4.47. The summed E-state index contributed by atoms with van der Waals surface area (Å²) < 4.78 is 19.1. The highest BCUT2D eigenvalue weighted by Crippen LogP contribution is 2.17. The minimum Gasteiger partial charge on any atom is -0.487 e. The van der Waals surface area contributed by atoms with Gasteiger partial charge in [0, 0.05) is 16.9 Å². The van der Waals surface area contributed by atoms with Crippen molar-refractivity contribution in [2.24, 2.45) is 5.92 Å². The van der Waals surface area contributed by atoms with E-state index in [1.807, 2.05) is 24.3 Å². The first kappa shape index (κ1) is 10.9. The van der Waals surface area contributed by atoms with Crippen molar-refractivity contribution in [2.75, 3.05) is 6.61 Å². The van der Waals surface area contributed by atoms with Crippen molar-refractivity contribution >= 4 is 10.9 Å². The number of hydrogen-bond acceptors (Lipinski definition) is 1. The van der Waals surface area contributed by atoms with Crippen LogP contribution in [0, 0.1) is 5.92 Å². The smallest absolute Gasteiger partial charge is 0.260 e. The van der Waals surface area contributed by atoms with Gasteiger partial charge in [-0.1, -0.05) is 26.0 Å². The third-order valence-electron chi connectivity index (χ3n) is 2.29. The van der Waals surface area contributed by atoms with Gasteiger partial charge >= 0.3 is 0 Å². The van der Waals surface area contributed by atoms with E-state index < -0.39 is 0 Å². The van der Waals surface area contributed by atoms with Crippen molar-refractivity contribution in [1.82, 2.24) is 0 Å². The van der Waals surface area contributed by atoms with E-state index in [1.165, 1.54) is 6.20 Å². The number of aromatic nitrogens is 1. The fraction of sp³-hybridized carbons (Fsp3) is 0.308. The molecule has 0 bridgehead atoms. The lowest BCUT2D eigenvalue weighted by atomic mass is 10.2. The van der Waals surface area contributed by atoms with E-state index in [0.29, 0.717) is 28.6 Å². The molecule has 0 aliphatic heterocycles. The monoisotopic (exact) mass is 220 g/mol. The molecule has 0 N–H and O–H groups in total. The fourth-order valence-electron chi connectivity index (χ4n) is 1.52. The van der Waals surface area contributed by atoms with Gasteiger partial charge in [0.2, 0.25) is 0 Å². The Labute approximate surface area is 94.2 Å². The number of benzene rings is 1. The van der Waals surface area contributed by atoms with Gasteiger partial charge in [0.15, 0.2) is 5.75 Å². The first-order chi connectivity index (χ1) is 7.66. The molecular weight excluding hydrogens is 205 g/mol. The minimum absolute atomic E-state index is 0.430. The van der Waals surface area contributed by atoms with Crippen LogP contribution in [0.25, 0.3) is 10.9 Å². The van der Waals surface area contributed by atoms with Crippen molar-refractivity contribution in [1.29, 1.82) is 0 Å². The van der Waals surface area contributed by atoms with Crippen LogP contribution in [0.2, 0.25) is 0 Å². The number of halogens is 1. The Morgan fingerprint density at radius 1 is 1.31 bits per heavy atom. The first-order valence-corrected chi connectivity index (χ1v) is 5.40. The predicted molar refractivity (Wildman–Crippen MR) is 61.0 cm³/mol. The van der Waals surface area contributed by atoms with Crippen LogP contribution in [0.1, 0.15) is 13.8 Å². The summed E-state index contributed by atoms with van der Waals surface area (Å²) in [6.07, 6.45) is 1.37. The summed E-state index contributed by atoms with van der Waals surface area (Å²) in [6.45, 7) is 4.72. The SMILES string of the molecule is CC(C)COc1cc2ccccc2[n+](F)c1. The largest absolute Gasteiger partial charge is 0.487 e. The number of ether oxygens (including phenoxy) is 1. The van der Waals surface area contributed by atoms with Gasteiger partial charge in [-0.25, -0.2) is 0 Å². The minimum atomic E-state index is 0.430. The molecule has 1 heterocycles. The van der Waals surface area contributed by atoms with Crippen LogP contribution in [-0.2, 0) is 0 Å². The number of nitrogens with zero attached hydrogens (tertiary/aromatic N) is 1. The van der Waals surface area contributed by atoms with Crippen molar-refractivity contribution < 1.29 is 14.0 Å². The second-order valence-electron chi connectivity index (χ2n) is 4.25. The van der Waals surface area contributed by atoms with E-state index in [4.69, 9.17) is 4.74 Å². The molecular formula is C13H15FNO+. The summed E-state index contributed by atoms with van der Waals surface area (Å²) in [5, 5.41) is 0.839. The molecule has 0 fully saturated rings. The standard InChI is InChI=1S/C13H15FNO/c1-10(2)9-16-12-7-11-5-3-4-6-13(11)15(14)8-12/h3-8,10H,9H2,1-2H3/q+1. The maximum atomic E-state index is 13.6. The van der Waals surface area contributed by atoms with Gasteiger partial charge in [-0.05, 0) is 12.0 Å². The van der Waals surface area contributed by atoms with Gasteiger partial charge in [0.05, 0.1) is 16.5 Å². The number of fused-ring (bicyclic) bond motifs is 1. The number of hydrogen-bond donors (Lipinski definition) is 0. The van der Waals surface area contributed by atoms with E-state index in [9.17, 15) is 4.48 Å². The number of para-hydroxylation sites is 1. The molecule has 0 spiro atoms. The lowest BCUT2D eigenvalue weighted by molar-refractivity contribution is -0.822. The van der Waals surface area contributed by atoms with Crippen LogP contribution in [0.15, 0.2) is 36.5 Å². The summed E-state index contributed by atoms with van der Waals surface area (Å²) >= 11 is 0. The van der Waals surface area contributed by atoms with Crippen LogP contribution < -0.4 is 9.53 Å². The molecule has 0 saturated heterocycles. The molecule has 2 rings (SSSR count). The average molecular weight is 220 g/mol. The summed E-state index contributed by atoms with van der Waals surface area (Å²) in [5.74, 6) is 0.995. The second-order valence-corrected chi connectivity index (χ2v) is 4.25. The van der Waals surface area contributed by atoms with Gasteiger partial charge < -0.3 is 4.74 Å².